The van der Waals surface area contributed by atoms with Crippen molar-refractivity contribution < 1.29 is 22.7 Å². The third kappa shape index (κ3) is 2.59. The molecule has 2 nitrogen and oxygen atoms in total. The molecule has 22 heavy (non-hydrogen) atoms. The van der Waals surface area contributed by atoms with Gasteiger partial charge in [0.1, 0.15) is 11.4 Å². The zero-order chi connectivity index (χ0) is 16.0. The van der Waals surface area contributed by atoms with E-state index in [9.17, 15) is 18.0 Å². The summed E-state index contributed by atoms with van der Waals surface area (Å²) in [5.41, 5.74) is -1.24. The Bertz CT molecular complexity index is 715. The Morgan fingerprint density at radius 3 is 2.45 bits per heavy atom. The van der Waals surface area contributed by atoms with Gasteiger partial charge in [0.15, 0.2) is 0 Å². The number of ketones is 1. The number of alkyl halides is 3. The standard InChI is InChI=1S/C15H11F3O2S2/c1-14(11-5-3-7-22-11)8-9(13(19)15(16,17)18)12(20-14)10-4-2-6-21-10/h2-7H,8H2,1H3. The average molecular weight is 344 g/mol. The molecule has 0 radical (unpaired) electrons. The molecule has 1 aliphatic heterocycles. The summed E-state index contributed by atoms with van der Waals surface area (Å²) in [4.78, 5) is 13.1. The molecule has 1 unspecified atom stereocenters. The van der Waals surface area contributed by atoms with Gasteiger partial charge in [0.25, 0.3) is 5.78 Å². The molecule has 0 aromatic carbocycles. The summed E-state index contributed by atoms with van der Waals surface area (Å²) < 4.78 is 44.5. The van der Waals surface area contributed by atoms with Crippen LogP contribution in [0.15, 0.2) is 40.6 Å². The highest BCUT2D eigenvalue weighted by molar-refractivity contribution is 7.11. The van der Waals surface area contributed by atoms with Crippen LogP contribution in [0.1, 0.15) is 23.1 Å². The van der Waals surface area contributed by atoms with Crippen LogP contribution in [-0.4, -0.2) is 12.0 Å². The molecule has 0 N–H and O–H groups in total. The van der Waals surface area contributed by atoms with E-state index in [2.05, 4.69) is 0 Å². The lowest BCUT2D eigenvalue weighted by atomic mass is 9.94. The molecule has 2 aromatic heterocycles. The Morgan fingerprint density at radius 1 is 1.23 bits per heavy atom. The molecular formula is C15H11F3O2S2. The Morgan fingerprint density at radius 2 is 1.91 bits per heavy atom. The van der Waals surface area contributed by atoms with Gasteiger partial charge in [-0.2, -0.15) is 13.2 Å². The number of Topliss-reactive ketones (excluding diaryl/α,β-unsaturated/α-hetero) is 1. The van der Waals surface area contributed by atoms with Crippen molar-refractivity contribution in [2.24, 2.45) is 0 Å². The van der Waals surface area contributed by atoms with E-state index in [-0.39, 0.29) is 17.8 Å². The van der Waals surface area contributed by atoms with Crippen molar-refractivity contribution in [3.63, 3.8) is 0 Å². The maximum Gasteiger partial charge on any atom is 0.454 e. The summed E-state index contributed by atoms with van der Waals surface area (Å²) in [7, 11) is 0. The van der Waals surface area contributed by atoms with E-state index in [1.54, 1.807) is 30.5 Å². The minimum atomic E-state index is -4.90. The lowest BCUT2D eigenvalue weighted by Gasteiger charge is -2.23. The van der Waals surface area contributed by atoms with Crippen LogP contribution < -0.4 is 0 Å². The fourth-order valence-electron chi connectivity index (χ4n) is 2.42. The van der Waals surface area contributed by atoms with Gasteiger partial charge in [-0.15, -0.1) is 22.7 Å². The first-order valence-corrected chi connectivity index (χ1v) is 8.19. The summed E-state index contributed by atoms with van der Waals surface area (Å²) in [6.07, 6.45) is -4.99. The highest BCUT2D eigenvalue weighted by Gasteiger charge is 2.49. The largest absolute Gasteiger partial charge is 0.480 e. The Kier molecular flexibility index (Phi) is 3.65. The zero-order valence-corrected chi connectivity index (χ0v) is 13.1. The smallest absolute Gasteiger partial charge is 0.454 e. The molecule has 1 aliphatic rings. The predicted molar refractivity (Wildman–Crippen MR) is 79.7 cm³/mol. The summed E-state index contributed by atoms with van der Waals surface area (Å²) in [5, 5.41) is 3.57. The number of carbonyl (C=O) groups is 1. The fraction of sp³-hybridized carbons (Fsp3) is 0.267. The number of thiophene rings is 2. The lowest BCUT2D eigenvalue weighted by molar-refractivity contribution is -0.166. The molecule has 0 fully saturated rings. The van der Waals surface area contributed by atoms with Gasteiger partial charge in [0.05, 0.1) is 10.5 Å². The summed E-state index contributed by atoms with van der Waals surface area (Å²) in [5.74, 6) is -1.77. The van der Waals surface area contributed by atoms with Crippen molar-refractivity contribution in [1.82, 2.24) is 0 Å². The second kappa shape index (κ2) is 5.24. The van der Waals surface area contributed by atoms with Gasteiger partial charge in [-0.3, -0.25) is 4.79 Å². The number of hydrogen-bond acceptors (Lipinski definition) is 4. The zero-order valence-electron chi connectivity index (χ0n) is 11.4. The van der Waals surface area contributed by atoms with Crippen molar-refractivity contribution in [2.75, 3.05) is 0 Å². The molecule has 0 bridgehead atoms. The first-order valence-electron chi connectivity index (χ1n) is 6.43. The normalized spacial score (nSPS) is 22.0. The monoisotopic (exact) mass is 344 g/mol. The Labute approximate surface area is 132 Å². The molecule has 1 atom stereocenters. The lowest BCUT2D eigenvalue weighted by Crippen LogP contribution is -2.26. The van der Waals surface area contributed by atoms with Crippen LogP contribution >= 0.6 is 22.7 Å². The highest BCUT2D eigenvalue weighted by Crippen LogP contribution is 2.48. The topological polar surface area (TPSA) is 26.3 Å². The fourth-order valence-corrected chi connectivity index (χ4v) is 3.98. The van der Waals surface area contributed by atoms with Crippen LogP contribution in [0.5, 0.6) is 0 Å². The predicted octanol–water partition coefficient (Wildman–Crippen LogP) is 4.99. The Balaban J connectivity index is 2.05. The minimum Gasteiger partial charge on any atom is -0.480 e. The first-order chi connectivity index (χ1) is 10.3. The van der Waals surface area contributed by atoms with Gasteiger partial charge in [0, 0.05) is 11.3 Å². The van der Waals surface area contributed by atoms with E-state index < -0.39 is 17.6 Å². The van der Waals surface area contributed by atoms with Gasteiger partial charge in [-0.1, -0.05) is 12.1 Å². The number of hydrogen-bond donors (Lipinski definition) is 0. The summed E-state index contributed by atoms with van der Waals surface area (Å²) in [6.45, 7) is 1.71. The third-order valence-corrected chi connectivity index (χ3v) is 5.42. The molecule has 0 saturated carbocycles. The van der Waals surface area contributed by atoms with Crippen LogP contribution in [0, 0.1) is 0 Å². The number of rotatable bonds is 3. The maximum atomic E-state index is 12.9. The Hall–Kier alpha value is -1.60. The second-order valence-corrected chi connectivity index (χ2v) is 6.99. The van der Waals surface area contributed by atoms with E-state index >= 15 is 0 Å². The van der Waals surface area contributed by atoms with Gasteiger partial charge >= 0.3 is 6.18 Å². The van der Waals surface area contributed by atoms with Gasteiger partial charge < -0.3 is 4.74 Å². The molecule has 2 aromatic rings. The molecule has 0 spiro atoms. The molecular weight excluding hydrogens is 333 g/mol. The maximum absolute atomic E-state index is 12.9. The second-order valence-electron chi connectivity index (χ2n) is 5.10. The van der Waals surface area contributed by atoms with E-state index in [1.807, 2.05) is 11.4 Å². The van der Waals surface area contributed by atoms with Gasteiger partial charge in [-0.25, -0.2) is 0 Å². The van der Waals surface area contributed by atoms with Gasteiger partial charge in [-0.05, 0) is 29.8 Å². The molecule has 0 saturated heterocycles. The quantitative estimate of drug-likeness (QED) is 0.784. The molecule has 3 heterocycles. The van der Waals surface area contributed by atoms with Crippen molar-refractivity contribution in [3.05, 3.63) is 50.4 Å². The highest BCUT2D eigenvalue weighted by atomic mass is 32.1. The van der Waals surface area contributed by atoms with Crippen LogP contribution in [-0.2, 0) is 15.1 Å². The minimum absolute atomic E-state index is 0.0493. The number of halogens is 3. The molecule has 7 heteroatoms. The van der Waals surface area contributed by atoms with E-state index in [1.165, 1.54) is 22.7 Å². The van der Waals surface area contributed by atoms with Gasteiger partial charge in [0.2, 0.25) is 0 Å². The van der Waals surface area contributed by atoms with Crippen molar-refractivity contribution in [2.45, 2.75) is 25.1 Å². The molecule has 0 amide bonds. The molecule has 116 valence electrons. The van der Waals surface area contributed by atoms with E-state index in [4.69, 9.17) is 4.74 Å². The van der Waals surface area contributed by atoms with Crippen molar-refractivity contribution in [3.8, 4) is 0 Å². The molecule has 3 rings (SSSR count). The van der Waals surface area contributed by atoms with Crippen LogP contribution in [0.2, 0.25) is 0 Å². The summed E-state index contributed by atoms with van der Waals surface area (Å²) in [6, 6.07) is 6.98. The number of carbonyl (C=O) groups excluding carboxylic acids is 1. The SMILES string of the molecule is CC1(c2cccs2)CC(C(=O)C(F)(F)F)=C(c2cccs2)O1. The third-order valence-electron chi connectivity index (χ3n) is 3.43. The first kappa shape index (κ1) is 15.3. The van der Waals surface area contributed by atoms with E-state index in [0.29, 0.717) is 4.88 Å². The molecule has 0 aliphatic carbocycles. The van der Waals surface area contributed by atoms with Crippen LogP contribution in [0.25, 0.3) is 5.76 Å². The van der Waals surface area contributed by atoms with Crippen molar-refractivity contribution >= 4 is 34.2 Å². The van der Waals surface area contributed by atoms with Crippen molar-refractivity contribution in [1.29, 1.82) is 0 Å². The van der Waals surface area contributed by atoms with Crippen LogP contribution in [0.4, 0.5) is 13.2 Å². The van der Waals surface area contributed by atoms with E-state index in [0.717, 1.165) is 4.88 Å². The average Bonchev–Trinajstić information content (AvgIpc) is 3.17. The summed E-state index contributed by atoms with van der Waals surface area (Å²) >= 11 is 2.65. The number of ether oxygens (including phenoxy) is 1. The van der Waals surface area contributed by atoms with Crippen LogP contribution in [0.3, 0.4) is 0 Å².